The van der Waals surface area contributed by atoms with E-state index < -0.39 is 0 Å². The molecule has 0 N–H and O–H groups in total. The van der Waals surface area contributed by atoms with E-state index in [1.165, 1.54) is 30.5 Å². The van der Waals surface area contributed by atoms with Crippen LogP contribution in [0.3, 0.4) is 0 Å². The summed E-state index contributed by atoms with van der Waals surface area (Å²) in [7, 11) is 0. The second-order valence-corrected chi connectivity index (χ2v) is 7.82. The van der Waals surface area contributed by atoms with E-state index in [0.29, 0.717) is 6.04 Å². The zero-order chi connectivity index (χ0) is 14.2. The predicted molar refractivity (Wildman–Crippen MR) is 97.3 cm³/mol. The molecule has 0 amide bonds. The van der Waals surface area contributed by atoms with Crippen molar-refractivity contribution in [2.24, 2.45) is 0 Å². The van der Waals surface area contributed by atoms with Gasteiger partial charge in [0.05, 0.1) is 0 Å². The van der Waals surface area contributed by atoms with Crippen LogP contribution in [-0.4, -0.2) is 9.97 Å². The molecular formula is C19H20IN. The van der Waals surface area contributed by atoms with Crippen molar-refractivity contribution < 1.29 is 0 Å². The first-order chi connectivity index (χ1) is 10.3. The molecular weight excluding hydrogens is 369 g/mol. The van der Waals surface area contributed by atoms with Crippen molar-refractivity contribution in [2.75, 3.05) is 4.90 Å². The van der Waals surface area contributed by atoms with Crippen LogP contribution in [0, 0.1) is 0 Å². The zero-order valence-corrected chi connectivity index (χ0v) is 14.2. The molecule has 2 aliphatic rings. The first-order valence-electron chi connectivity index (χ1n) is 7.88. The first kappa shape index (κ1) is 13.6. The molecule has 0 aromatic heterocycles. The number of fused-ring (bicyclic) bond motifs is 3. The molecule has 1 saturated carbocycles. The Hall–Kier alpha value is -1.03. The highest BCUT2D eigenvalue weighted by Crippen LogP contribution is 2.50. The Morgan fingerprint density at radius 1 is 0.952 bits per heavy atom. The number of hydrogen-bond donors (Lipinski definition) is 0. The van der Waals surface area contributed by atoms with Gasteiger partial charge in [-0.2, -0.15) is 0 Å². The van der Waals surface area contributed by atoms with Gasteiger partial charge in [0, 0.05) is 28.1 Å². The Labute approximate surface area is 140 Å². The lowest BCUT2D eigenvalue weighted by molar-refractivity contribution is 0.405. The van der Waals surface area contributed by atoms with Crippen molar-refractivity contribution in [3.63, 3.8) is 0 Å². The third-order valence-electron chi connectivity index (χ3n) is 4.98. The maximum atomic E-state index is 2.69. The minimum Gasteiger partial charge on any atom is -0.362 e. The molecule has 1 heterocycles. The second kappa shape index (κ2) is 5.64. The summed E-state index contributed by atoms with van der Waals surface area (Å²) in [6, 6.07) is 20.7. The van der Waals surface area contributed by atoms with Crippen LogP contribution in [0.2, 0.25) is 0 Å². The Balaban J connectivity index is 1.73. The molecule has 2 heteroatoms. The van der Waals surface area contributed by atoms with Crippen LogP contribution in [0.5, 0.6) is 0 Å². The van der Waals surface area contributed by atoms with Crippen LogP contribution in [0.15, 0.2) is 54.6 Å². The summed E-state index contributed by atoms with van der Waals surface area (Å²) < 4.78 is 0.762. The fraction of sp³-hybridized carbons (Fsp3) is 0.368. The van der Waals surface area contributed by atoms with Gasteiger partial charge in [-0.05, 0) is 30.0 Å². The molecule has 108 valence electrons. The van der Waals surface area contributed by atoms with Gasteiger partial charge in [-0.15, -0.1) is 0 Å². The van der Waals surface area contributed by atoms with E-state index in [1.807, 2.05) is 0 Å². The largest absolute Gasteiger partial charge is 0.362 e. The molecule has 0 spiro atoms. The number of para-hydroxylation sites is 1. The van der Waals surface area contributed by atoms with Crippen molar-refractivity contribution in [1.29, 1.82) is 0 Å². The quantitative estimate of drug-likeness (QED) is 0.508. The predicted octanol–water partition coefficient (Wildman–Crippen LogP) is 5.15. The van der Waals surface area contributed by atoms with E-state index in [1.54, 1.807) is 5.56 Å². The highest BCUT2D eigenvalue weighted by Gasteiger charge is 2.43. The van der Waals surface area contributed by atoms with E-state index in [4.69, 9.17) is 0 Å². The Bertz CT molecular complexity index is 624. The minimum atomic E-state index is 0.678. The molecule has 0 saturated heterocycles. The monoisotopic (exact) mass is 389 g/mol. The van der Waals surface area contributed by atoms with Crippen LogP contribution in [0.25, 0.3) is 0 Å². The molecule has 3 unspecified atom stereocenters. The molecule has 1 fully saturated rings. The minimum absolute atomic E-state index is 0.678. The number of alkyl halides is 1. The maximum absolute atomic E-state index is 2.69. The fourth-order valence-corrected chi connectivity index (χ4v) is 5.40. The van der Waals surface area contributed by atoms with Crippen molar-refractivity contribution >= 4 is 28.3 Å². The smallest absolute Gasteiger partial charge is 0.0480 e. The number of hydrogen-bond acceptors (Lipinski definition) is 1. The number of anilines is 1. The summed E-state index contributed by atoms with van der Waals surface area (Å²) in [5, 5.41) is 0. The lowest BCUT2D eigenvalue weighted by atomic mass is 9.82. The van der Waals surface area contributed by atoms with Gasteiger partial charge in [0.1, 0.15) is 0 Å². The van der Waals surface area contributed by atoms with Gasteiger partial charge in [0.15, 0.2) is 0 Å². The lowest BCUT2D eigenvalue weighted by Crippen LogP contribution is -2.42. The lowest BCUT2D eigenvalue weighted by Gasteiger charge is -2.37. The molecule has 1 aliphatic carbocycles. The van der Waals surface area contributed by atoms with Crippen molar-refractivity contribution in [1.82, 2.24) is 0 Å². The number of benzene rings is 2. The van der Waals surface area contributed by atoms with Crippen LogP contribution < -0.4 is 4.90 Å². The van der Waals surface area contributed by atoms with E-state index >= 15 is 0 Å². The normalized spacial score (nSPS) is 27.3. The molecule has 3 atom stereocenters. The fourth-order valence-electron chi connectivity index (χ4n) is 4.07. The average Bonchev–Trinajstić information content (AvgIpc) is 2.84. The number of nitrogens with zero attached hydrogens (tertiary/aromatic N) is 1. The summed E-state index contributed by atoms with van der Waals surface area (Å²) >= 11 is 2.69. The van der Waals surface area contributed by atoms with Gasteiger partial charge in [-0.1, -0.05) is 77.5 Å². The third-order valence-corrected chi connectivity index (χ3v) is 6.34. The standard InChI is InChI=1S/C19H20IN/c20-17-11-6-10-16-15-9-4-5-12-18(15)21(19(16)17)13-14-7-2-1-3-8-14/h1-5,7-9,12,16-17,19H,6,10-11,13H2. The highest BCUT2D eigenvalue weighted by molar-refractivity contribution is 14.1. The topological polar surface area (TPSA) is 3.24 Å². The van der Waals surface area contributed by atoms with Gasteiger partial charge in [0.25, 0.3) is 0 Å². The molecule has 2 aromatic rings. The molecule has 0 bridgehead atoms. The van der Waals surface area contributed by atoms with E-state index in [2.05, 4.69) is 82.1 Å². The molecule has 2 aromatic carbocycles. The summed E-state index contributed by atoms with van der Waals surface area (Å²) in [6.45, 7) is 1.04. The molecule has 1 aliphatic heterocycles. The Morgan fingerprint density at radius 3 is 2.57 bits per heavy atom. The highest BCUT2D eigenvalue weighted by atomic mass is 127. The molecule has 21 heavy (non-hydrogen) atoms. The van der Waals surface area contributed by atoms with Crippen LogP contribution in [-0.2, 0) is 6.54 Å². The van der Waals surface area contributed by atoms with Gasteiger partial charge in [-0.3, -0.25) is 0 Å². The van der Waals surface area contributed by atoms with Crippen molar-refractivity contribution in [3.8, 4) is 0 Å². The van der Waals surface area contributed by atoms with E-state index in [9.17, 15) is 0 Å². The maximum Gasteiger partial charge on any atom is 0.0480 e. The molecule has 4 rings (SSSR count). The summed E-state index contributed by atoms with van der Waals surface area (Å²) in [6.07, 6.45) is 4.09. The van der Waals surface area contributed by atoms with Gasteiger partial charge >= 0.3 is 0 Å². The Kier molecular flexibility index (Phi) is 3.66. The summed E-state index contributed by atoms with van der Waals surface area (Å²) in [5.74, 6) is 0.737. The number of rotatable bonds is 2. The van der Waals surface area contributed by atoms with Crippen LogP contribution in [0.4, 0.5) is 5.69 Å². The summed E-state index contributed by atoms with van der Waals surface area (Å²) in [5.41, 5.74) is 4.47. The summed E-state index contributed by atoms with van der Waals surface area (Å²) in [4.78, 5) is 2.67. The van der Waals surface area contributed by atoms with E-state index in [0.717, 1.165) is 16.4 Å². The van der Waals surface area contributed by atoms with Gasteiger partial charge < -0.3 is 4.90 Å². The van der Waals surface area contributed by atoms with Crippen molar-refractivity contribution in [3.05, 3.63) is 65.7 Å². The molecule has 0 radical (unpaired) electrons. The SMILES string of the molecule is IC1CCCC2c3ccccc3N(Cc3ccccc3)C12. The van der Waals surface area contributed by atoms with Gasteiger partial charge in [0.2, 0.25) is 0 Å². The molecule has 1 nitrogen and oxygen atoms in total. The van der Waals surface area contributed by atoms with Crippen LogP contribution >= 0.6 is 22.6 Å². The average molecular weight is 389 g/mol. The second-order valence-electron chi connectivity index (χ2n) is 6.22. The van der Waals surface area contributed by atoms with Crippen LogP contribution in [0.1, 0.15) is 36.3 Å². The zero-order valence-electron chi connectivity index (χ0n) is 12.1. The third kappa shape index (κ3) is 2.37. The first-order valence-corrected chi connectivity index (χ1v) is 9.13. The Morgan fingerprint density at radius 2 is 1.71 bits per heavy atom. The van der Waals surface area contributed by atoms with E-state index in [-0.39, 0.29) is 0 Å². The van der Waals surface area contributed by atoms with Crippen molar-refractivity contribution in [2.45, 2.75) is 41.7 Å². The number of halogens is 1. The van der Waals surface area contributed by atoms with Gasteiger partial charge in [-0.25, -0.2) is 0 Å².